The van der Waals surface area contributed by atoms with Crippen molar-refractivity contribution in [1.29, 1.82) is 0 Å². The second-order valence-electron chi connectivity index (χ2n) is 13.1. The molecule has 2 aromatic carbocycles. The van der Waals surface area contributed by atoms with Crippen molar-refractivity contribution in [2.24, 2.45) is 5.10 Å². The molecule has 1 saturated carbocycles. The number of hydrogen-bond acceptors (Lipinski definition) is 7. The van der Waals surface area contributed by atoms with Gasteiger partial charge in [0, 0.05) is 37.1 Å². The summed E-state index contributed by atoms with van der Waals surface area (Å²) in [4.78, 5) is 31.2. The Morgan fingerprint density at radius 2 is 1.84 bits per heavy atom. The Hall–Kier alpha value is -4.15. The molecule has 0 atom stereocenters. The summed E-state index contributed by atoms with van der Waals surface area (Å²) in [5, 5.41) is 19.5. The molecule has 0 radical (unpaired) electrons. The number of aryl methyl sites for hydroxylation is 1. The second-order valence-corrected chi connectivity index (χ2v) is 13.1. The van der Waals surface area contributed by atoms with Gasteiger partial charge < -0.3 is 9.84 Å². The number of aliphatic hydroxyl groups is 1. The zero-order chi connectivity index (χ0) is 31.8. The van der Waals surface area contributed by atoms with Crippen LogP contribution in [-0.4, -0.2) is 54.2 Å². The van der Waals surface area contributed by atoms with E-state index in [2.05, 4.69) is 45.7 Å². The van der Waals surface area contributed by atoms with E-state index in [9.17, 15) is 14.7 Å². The van der Waals surface area contributed by atoms with Crippen LogP contribution in [0.15, 0.2) is 64.8 Å². The van der Waals surface area contributed by atoms with Crippen molar-refractivity contribution >= 4 is 17.4 Å². The quantitative estimate of drug-likeness (QED) is 0.261. The largest absolute Gasteiger partial charge is 0.390 e. The van der Waals surface area contributed by atoms with Crippen molar-refractivity contribution in [3.8, 4) is 11.1 Å². The summed E-state index contributed by atoms with van der Waals surface area (Å²) in [6.07, 6.45) is 7.15. The van der Waals surface area contributed by atoms with Crippen LogP contribution in [0, 0.1) is 0 Å². The average molecular weight is 611 g/mol. The molecule has 2 N–H and O–H groups in total. The molecule has 1 amide bonds. The SMILES string of the molecule is CCCc1c(Cc2ccc(-c3ccccc3)c(C3=NNC(=O)C3)c2)c(=O)n(C2CCC(CC(C)(C)O)(OC)CC2)c2ncnn12. The summed E-state index contributed by atoms with van der Waals surface area (Å²) >= 11 is 0. The Bertz CT molecular complexity index is 1790. The van der Waals surface area contributed by atoms with Gasteiger partial charge in [-0.2, -0.15) is 15.2 Å². The second kappa shape index (κ2) is 12.3. The summed E-state index contributed by atoms with van der Waals surface area (Å²) in [6, 6.07) is 16.2. The lowest BCUT2D eigenvalue weighted by molar-refractivity contribution is -0.119. The molecule has 0 unspecified atom stereocenters. The standard InChI is InChI=1S/C35H42N6O4/c1-5-9-30-28(19-23-12-13-26(24-10-7-6-8-11-24)27(18-23)29-20-31(42)39-38-29)32(43)40(33-36-22-37-41(30)33)25-14-16-35(45-4,17-15-25)21-34(2,3)44/h6-8,10-13,18,22,25,44H,5,9,14-17,19-21H2,1-4H3,(H,39,42). The molecule has 10 heteroatoms. The Labute approximate surface area is 263 Å². The van der Waals surface area contributed by atoms with Gasteiger partial charge in [0.05, 0.1) is 29.0 Å². The molecule has 2 aliphatic rings. The number of hydrogen-bond donors (Lipinski definition) is 2. The third-order valence-electron chi connectivity index (χ3n) is 9.24. The minimum Gasteiger partial charge on any atom is -0.390 e. The predicted octanol–water partition coefficient (Wildman–Crippen LogP) is 4.99. The van der Waals surface area contributed by atoms with E-state index >= 15 is 0 Å². The van der Waals surface area contributed by atoms with E-state index in [1.54, 1.807) is 7.11 Å². The van der Waals surface area contributed by atoms with Gasteiger partial charge in [0.25, 0.3) is 5.56 Å². The Kier molecular flexibility index (Phi) is 8.45. The summed E-state index contributed by atoms with van der Waals surface area (Å²) in [5.74, 6) is 0.432. The third-order valence-corrected chi connectivity index (χ3v) is 9.24. The number of hydrazone groups is 1. The highest BCUT2D eigenvalue weighted by atomic mass is 16.5. The first-order valence-electron chi connectivity index (χ1n) is 15.9. The van der Waals surface area contributed by atoms with Crippen LogP contribution in [0.4, 0.5) is 0 Å². The van der Waals surface area contributed by atoms with Crippen LogP contribution in [0.2, 0.25) is 0 Å². The number of nitrogens with one attached hydrogen (secondary N) is 1. The van der Waals surface area contributed by atoms with Gasteiger partial charge in [0.2, 0.25) is 11.7 Å². The molecule has 236 valence electrons. The average Bonchev–Trinajstić information content (AvgIpc) is 3.69. The highest BCUT2D eigenvalue weighted by Crippen LogP contribution is 2.41. The minimum absolute atomic E-state index is 0.0416. The fourth-order valence-electron chi connectivity index (χ4n) is 7.24. The van der Waals surface area contributed by atoms with E-state index in [4.69, 9.17) is 4.74 Å². The van der Waals surface area contributed by atoms with Gasteiger partial charge in [0.1, 0.15) is 6.33 Å². The number of fused-ring (bicyclic) bond motifs is 1. The van der Waals surface area contributed by atoms with Crippen molar-refractivity contribution in [2.75, 3.05) is 7.11 Å². The van der Waals surface area contributed by atoms with Gasteiger partial charge in [-0.05, 0) is 68.7 Å². The monoisotopic (exact) mass is 610 g/mol. The molecule has 4 aromatic rings. The number of benzene rings is 2. The van der Waals surface area contributed by atoms with Crippen LogP contribution in [0.3, 0.4) is 0 Å². The molecule has 1 fully saturated rings. The molecule has 45 heavy (non-hydrogen) atoms. The van der Waals surface area contributed by atoms with Crippen molar-refractivity contribution in [3.63, 3.8) is 0 Å². The lowest BCUT2D eigenvalue weighted by Gasteiger charge is -2.42. The van der Waals surface area contributed by atoms with Crippen LogP contribution in [-0.2, 0) is 22.4 Å². The maximum Gasteiger partial charge on any atom is 0.259 e. The molecule has 1 aliphatic carbocycles. The van der Waals surface area contributed by atoms with Crippen molar-refractivity contribution < 1.29 is 14.6 Å². The number of rotatable bonds is 10. The summed E-state index contributed by atoms with van der Waals surface area (Å²) in [5.41, 5.74) is 7.40. The van der Waals surface area contributed by atoms with Gasteiger partial charge in [-0.3, -0.25) is 14.2 Å². The lowest BCUT2D eigenvalue weighted by Crippen LogP contribution is -2.44. The highest BCUT2D eigenvalue weighted by Gasteiger charge is 2.40. The van der Waals surface area contributed by atoms with Crippen LogP contribution < -0.4 is 11.0 Å². The smallest absolute Gasteiger partial charge is 0.259 e. The number of nitrogens with zero attached hydrogens (tertiary/aromatic N) is 5. The van der Waals surface area contributed by atoms with Crippen molar-refractivity contribution in [3.05, 3.63) is 87.6 Å². The third kappa shape index (κ3) is 6.21. The summed E-state index contributed by atoms with van der Waals surface area (Å²) in [7, 11) is 1.72. The first kappa shape index (κ1) is 30.9. The van der Waals surface area contributed by atoms with Crippen LogP contribution >= 0.6 is 0 Å². The predicted molar refractivity (Wildman–Crippen MR) is 173 cm³/mol. The molecular weight excluding hydrogens is 568 g/mol. The van der Waals surface area contributed by atoms with Gasteiger partial charge in [-0.15, -0.1) is 0 Å². The van der Waals surface area contributed by atoms with Crippen LogP contribution in [0.1, 0.15) is 94.1 Å². The van der Waals surface area contributed by atoms with Crippen LogP contribution in [0.25, 0.3) is 16.9 Å². The molecule has 6 rings (SSSR count). The molecule has 0 spiro atoms. The number of carbonyl (C=O) groups excluding carboxylic acids is 1. The van der Waals surface area contributed by atoms with E-state index in [0.717, 1.165) is 60.1 Å². The molecule has 3 heterocycles. The van der Waals surface area contributed by atoms with E-state index in [-0.39, 0.29) is 23.9 Å². The zero-order valence-corrected chi connectivity index (χ0v) is 26.5. The molecule has 2 aromatic heterocycles. The van der Waals surface area contributed by atoms with Gasteiger partial charge in [-0.1, -0.05) is 55.8 Å². The number of amides is 1. The Balaban J connectivity index is 1.41. The maximum atomic E-state index is 14.5. The fourth-order valence-corrected chi connectivity index (χ4v) is 7.24. The first-order valence-corrected chi connectivity index (χ1v) is 15.9. The molecule has 1 aliphatic heterocycles. The number of carbonyl (C=O) groups is 1. The molecule has 10 nitrogen and oxygen atoms in total. The van der Waals surface area contributed by atoms with Gasteiger partial charge in [0.15, 0.2) is 0 Å². The van der Waals surface area contributed by atoms with Gasteiger partial charge >= 0.3 is 0 Å². The fraction of sp³-hybridized carbons (Fsp3) is 0.457. The molecule has 0 saturated heterocycles. The normalized spacial score (nSPS) is 20.4. The Morgan fingerprint density at radius 1 is 1.09 bits per heavy atom. The van der Waals surface area contributed by atoms with E-state index in [0.29, 0.717) is 36.3 Å². The van der Waals surface area contributed by atoms with Crippen LogP contribution in [0.5, 0.6) is 0 Å². The molecule has 0 bridgehead atoms. The maximum absolute atomic E-state index is 14.5. The van der Waals surface area contributed by atoms with Crippen molar-refractivity contribution in [2.45, 2.75) is 95.8 Å². The lowest BCUT2D eigenvalue weighted by atomic mass is 9.76. The van der Waals surface area contributed by atoms with E-state index in [1.165, 1.54) is 6.33 Å². The van der Waals surface area contributed by atoms with Gasteiger partial charge in [-0.25, -0.2) is 9.94 Å². The van der Waals surface area contributed by atoms with Crippen molar-refractivity contribution in [1.82, 2.24) is 24.6 Å². The summed E-state index contributed by atoms with van der Waals surface area (Å²) in [6.45, 7) is 5.73. The minimum atomic E-state index is -0.850. The summed E-state index contributed by atoms with van der Waals surface area (Å²) < 4.78 is 9.67. The Morgan fingerprint density at radius 3 is 2.49 bits per heavy atom. The van der Waals surface area contributed by atoms with E-state index in [1.807, 2.05) is 53.3 Å². The number of ether oxygens (including phenoxy) is 1. The number of aromatic nitrogens is 4. The molecular formula is C35H42N6O4. The first-order chi connectivity index (χ1) is 21.6. The zero-order valence-electron chi connectivity index (χ0n) is 26.5. The highest BCUT2D eigenvalue weighted by molar-refractivity contribution is 6.16. The van der Waals surface area contributed by atoms with E-state index < -0.39 is 11.2 Å². The topological polar surface area (TPSA) is 123 Å². The number of methoxy groups -OCH3 is 1.